The number of aryl methyl sites for hydroxylation is 1. The highest BCUT2D eigenvalue weighted by Crippen LogP contribution is 2.36. The third-order valence-electron chi connectivity index (χ3n) is 7.12. The molecule has 4 heterocycles. The van der Waals surface area contributed by atoms with Crippen LogP contribution in [0.3, 0.4) is 0 Å². The smallest absolute Gasteiger partial charge is 0.157 e. The number of fused-ring (bicyclic) bond motifs is 3. The highest BCUT2D eigenvalue weighted by Gasteiger charge is 2.20. The number of aromatic nitrogens is 3. The van der Waals surface area contributed by atoms with E-state index in [1.165, 1.54) is 0 Å². The number of nitrogens with one attached hydrogen (secondary N) is 2. The summed E-state index contributed by atoms with van der Waals surface area (Å²) < 4.78 is 14.0. The van der Waals surface area contributed by atoms with E-state index in [0.717, 1.165) is 98.3 Å². The quantitative estimate of drug-likeness (QED) is 0.381. The first-order chi connectivity index (χ1) is 18.2. The molecule has 0 aliphatic carbocycles. The molecule has 10 heteroatoms. The Morgan fingerprint density at radius 1 is 1.11 bits per heavy atom. The Balaban J connectivity index is 1.39. The van der Waals surface area contributed by atoms with Gasteiger partial charge in [0.1, 0.15) is 17.9 Å². The topological polar surface area (TPSA) is 79.2 Å². The number of halogens is 1. The lowest BCUT2D eigenvalue weighted by atomic mass is 10.2. The minimum absolute atomic E-state index is 0.613. The van der Waals surface area contributed by atoms with Crippen molar-refractivity contribution >= 4 is 45.3 Å². The predicted molar refractivity (Wildman–Crippen MR) is 148 cm³/mol. The molecule has 2 fully saturated rings. The van der Waals surface area contributed by atoms with Crippen molar-refractivity contribution in [2.24, 2.45) is 0 Å². The van der Waals surface area contributed by atoms with Crippen molar-refractivity contribution in [2.45, 2.75) is 6.92 Å². The molecule has 0 radical (unpaired) electrons. The van der Waals surface area contributed by atoms with Crippen LogP contribution in [0, 0.1) is 6.92 Å². The lowest BCUT2D eigenvalue weighted by molar-refractivity contribution is 0.0323. The molecule has 194 valence electrons. The van der Waals surface area contributed by atoms with Gasteiger partial charge in [0.2, 0.25) is 0 Å². The molecule has 37 heavy (non-hydrogen) atoms. The predicted octanol–water partition coefficient (Wildman–Crippen LogP) is 3.71. The maximum atomic E-state index is 6.52. The molecule has 6 rings (SSSR count). The van der Waals surface area contributed by atoms with Crippen LogP contribution in [0.4, 0.5) is 17.2 Å². The Hall–Kier alpha value is -3.11. The summed E-state index contributed by atoms with van der Waals surface area (Å²) in [6.45, 7) is 10.7. The third-order valence-corrected chi connectivity index (χ3v) is 7.44. The lowest BCUT2D eigenvalue weighted by Gasteiger charge is -2.31. The Labute approximate surface area is 221 Å². The van der Waals surface area contributed by atoms with Crippen LogP contribution < -0.4 is 20.3 Å². The van der Waals surface area contributed by atoms with Gasteiger partial charge in [-0.25, -0.2) is 9.97 Å². The molecule has 2 N–H and O–H groups in total. The minimum Gasteiger partial charge on any atom is -0.490 e. The van der Waals surface area contributed by atoms with Crippen molar-refractivity contribution in [2.75, 3.05) is 75.9 Å². The maximum absolute atomic E-state index is 6.52. The van der Waals surface area contributed by atoms with Crippen LogP contribution in [0.2, 0.25) is 5.02 Å². The number of piperazine rings is 1. The molecule has 2 aromatic heterocycles. The first kappa shape index (κ1) is 24.2. The third kappa shape index (κ3) is 5.04. The Bertz CT molecular complexity index is 1380. The van der Waals surface area contributed by atoms with Gasteiger partial charge in [-0.05, 0) is 24.6 Å². The number of rotatable bonds is 7. The van der Waals surface area contributed by atoms with Crippen LogP contribution in [-0.2, 0) is 4.74 Å². The number of hydrogen-bond donors (Lipinski definition) is 2. The molecule has 0 bridgehead atoms. The summed E-state index contributed by atoms with van der Waals surface area (Å²) in [5.74, 6) is 1.56. The fraction of sp³-hybridized carbons (Fsp3) is 0.407. The van der Waals surface area contributed by atoms with Crippen molar-refractivity contribution < 1.29 is 9.47 Å². The minimum atomic E-state index is 0.613. The second kappa shape index (κ2) is 10.7. The van der Waals surface area contributed by atoms with E-state index in [2.05, 4.69) is 42.0 Å². The molecule has 2 aromatic carbocycles. The van der Waals surface area contributed by atoms with E-state index in [4.69, 9.17) is 26.1 Å². The SMILES string of the molecule is Cc1cccc(Cl)c1Nc1nc2cc(OCCN3CCOCC3)c(N3CCNCC3)cc2n2cncc12. The zero-order valence-electron chi connectivity index (χ0n) is 21.0. The molecule has 2 saturated heterocycles. The van der Waals surface area contributed by atoms with Crippen LogP contribution in [0.25, 0.3) is 16.6 Å². The zero-order valence-corrected chi connectivity index (χ0v) is 21.8. The highest BCUT2D eigenvalue weighted by atomic mass is 35.5. The standard InChI is InChI=1S/C27H32ClN7O2/c1-19-3-2-4-20(28)26(19)32-27-24-17-30-18-35(24)22-16-23(34-7-5-29-6-8-34)25(15-21(22)31-27)37-14-11-33-9-12-36-13-10-33/h2-4,15-18,29H,5-14H2,1H3,(H,31,32). The second-order valence-electron chi connectivity index (χ2n) is 9.51. The summed E-state index contributed by atoms with van der Waals surface area (Å²) in [6, 6.07) is 10.1. The molecule has 0 amide bonds. The van der Waals surface area contributed by atoms with Gasteiger partial charge in [-0.15, -0.1) is 0 Å². The average molecular weight is 522 g/mol. The summed E-state index contributed by atoms with van der Waals surface area (Å²) in [4.78, 5) is 14.2. The van der Waals surface area contributed by atoms with Crippen molar-refractivity contribution in [3.8, 4) is 5.75 Å². The van der Waals surface area contributed by atoms with Crippen LogP contribution in [0.5, 0.6) is 5.75 Å². The van der Waals surface area contributed by atoms with Gasteiger partial charge in [-0.2, -0.15) is 0 Å². The molecular weight excluding hydrogens is 490 g/mol. The number of ether oxygens (including phenoxy) is 2. The molecule has 4 aromatic rings. The number of imidazole rings is 1. The molecule has 2 aliphatic heterocycles. The molecular formula is C27H32ClN7O2. The Morgan fingerprint density at radius 3 is 2.76 bits per heavy atom. The van der Waals surface area contributed by atoms with Crippen LogP contribution in [0.1, 0.15) is 5.56 Å². The monoisotopic (exact) mass is 521 g/mol. The van der Waals surface area contributed by atoms with E-state index in [1.807, 2.05) is 37.6 Å². The van der Waals surface area contributed by atoms with E-state index < -0.39 is 0 Å². The van der Waals surface area contributed by atoms with E-state index in [0.29, 0.717) is 17.4 Å². The maximum Gasteiger partial charge on any atom is 0.157 e. The van der Waals surface area contributed by atoms with Crippen molar-refractivity contribution in [3.05, 3.63) is 53.4 Å². The first-order valence-corrected chi connectivity index (χ1v) is 13.3. The molecule has 9 nitrogen and oxygen atoms in total. The van der Waals surface area contributed by atoms with Crippen molar-refractivity contribution in [1.82, 2.24) is 24.6 Å². The molecule has 2 aliphatic rings. The van der Waals surface area contributed by atoms with Gasteiger partial charge >= 0.3 is 0 Å². The van der Waals surface area contributed by atoms with Crippen LogP contribution in [0.15, 0.2) is 42.9 Å². The van der Waals surface area contributed by atoms with Gasteiger partial charge < -0.3 is 25.0 Å². The number of para-hydroxylation sites is 1. The number of hydrogen-bond acceptors (Lipinski definition) is 8. The van der Waals surface area contributed by atoms with Crippen molar-refractivity contribution in [1.29, 1.82) is 0 Å². The number of benzene rings is 2. The Kier molecular flexibility index (Phi) is 7.01. The van der Waals surface area contributed by atoms with Gasteiger partial charge in [0.25, 0.3) is 0 Å². The fourth-order valence-electron chi connectivity index (χ4n) is 5.05. The van der Waals surface area contributed by atoms with Gasteiger partial charge in [-0.1, -0.05) is 23.7 Å². The summed E-state index contributed by atoms with van der Waals surface area (Å²) >= 11 is 6.52. The second-order valence-corrected chi connectivity index (χ2v) is 9.92. The summed E-state index contributed by atoms with van der Waals surface area (Å²) in [5, 5.41) is 7.56. The summed E-state index contributed by atoms with van der Waals surface area (Å²) in [5.41, 5.74) is 5.70. The van der Waals surface area contributed by atoms with Gasteiger partial charge in [0.15, 0.2) is 5.82 Å². The molecule has 0 atom stereocenters. The zero-order chi connectivity index (χ0) is 25.2. The fourth-order valence-corrected chi connectivity index (χ4v) is 5.32. The number of morpholine rings is 1. The van der Waals surface area contributed by atoms with Gasteiger partial charge in [0.05, 0.1) is 53.2 Å². The normalized spacial score (nSPS) is 17.0. The molecule has 0 unspecified atom stereocenters. The van der Waals surface area contributed by atoms with Crippen molar-refractivity contribution in [3.63, 3.8) is 0 Å². The van der Waals surface area contributed by atoms with E-state index in [-0.39, 0.29) is 0 Å². The summed E-state index contributed by atoms with van der Waals surface area (Å²) in [7, 11) is 0. The van der Waals surface area contributed by atoms with Crippen LogP contribution >= 0.6 is 11.6 Å². The molecule has 0 spiro atoms. The first-order valence-electron chi connectivity index (χ1n) is 12.9. The van der Waals surface area contributed by atoms with E-state index in [9.17, 15) is 0 Å². The van der Waals surface area contributed by atoms with E-state index in [1.54, 1.807) is 0 Å². The van der Waals surface area contributed by atoms with Gasteiger partial charge in [-0.3, -0.25) is 9.30 Å². The van der Waals surface area contributed by atoms with Gasteiger partial charge in [0, 0.05) is 51.9 Å². The number of anilines is 3. The largest absolute Gasteiger partial charge is 0.490 e. The van der Waals surface area contributed by atoms with E-state index >= 15 is 0 Å². The van der Waals surface area contributed by atoms with Crippen LogP contribution in [-0.4, -0.2) is 84.9 Å². The Morgan fingerprint density at radius 2 is 1.95 bits per heavy atom. The lowest BCUT2D eigenvalue weighted by Crippen LogP contribution is -2.43. The number of nitrogens with zero attached hydrogens (tertiary/aromatic N) is 5. The average Bonchev–Trinajstić information content (AvgIpc) is 3.42. The summed E-state index contributed by atoms with van der Waals surface area (Å²) in [6.07, 6.45) is 3.67. The molecule has 0 saturated carbocycles. The highest BCUT2D eigenvalue weighted by molar-refractivity contribution is 6.33.